The molecule has 0 radical (unpaired) electrons. The molecule has 0 saturated carbocycles. The van der Waals surface area contributed by atoms with Crippen LogP contribution in [0.3, 0.4) is 0 Å². The molecule has 1 atom stereocenters. The Balaban J connectivity index is 1.86. The summed E-state index contributed by atoms with van der Waals surface area (Å²) in [5.74, 6) is 0.651. The molecule has 7 heteroatoms. The second-order valence-corrected chi connectivity index (χ2v) is 9.89. The molecule has 1 heterocycles. The summed E-state index contributed by atoms with van der Waals surface area (Å²) in [5, 5.41) is 5.67. The van der Waals surface area contributed by atoms with Gasteiger partial charge in [0.2, 0.25) is 0 Å². The highest BCUT2D eigenvalue weighted by molar-refractivity contribution is 5.95. The maximum atomic E-state index is 12.9. The van der Waals surface area contributed by atoms with Gasteiger partial charge in [0, 0.05) is 5.70 Å². The monoisotopic (exact) mass is 494 g/mol. The smallest absolute Gasteiger partial charge is 0.338 e. The third-order valence-electron chi connectivity index (χ3n) is 6.16. The van der Waals surface area contributed by atoms with Crippen molar-refractivity contribution in [3.63, 3.8) is 0 Å². The van der Waals surface area contributed by atoms with Gasteiger partial charge < -0.3 is 24.8 Å². The van der Waals surface area contributed by atoms with E-state index in [9.17, 15) is 9.59 Å². The molecule has 2 N–H and O–H groups in total. The number of urea groups is 1. The molecule has 7 nitrogen and oxygen atoms in total. The molecule has 0 aromatic heterocycles. The Kier molecular flexibility index (Phi) is 9.02. The van der Waals surface area contributed by atoms with E-state index in [-0.39, 0.29) is 18.1 Å². The van der Waals surface area contributed by atoms with Crippen molar-refractivity contribution < 1.29 is 23.8 Å². The number of methoxy groups -OCH3 is 1. The second kappa shape index (κ2) is 12.0. The van der Waals surface area contributed by atoms with E-state index in [0.29, 0.717) is 41.4 Å². The number of unbranched alkanes of at least 4 members (excludes halogenated alkanes) is 1. The maximum absolute atomic E-state index is 12.9. The van der Waals surface area contributed by atoms with Crippen molar-refractivity contribution in [3.05, 3.63) is 70.4 Å². The Morgan fingerprint density at radius 3 is 2.36 bits per heavy atom. The van der Waals surface area contributed by atoms with Gasteiger partial charge in [-0.2, -0.15) is 0 Å². The molecule has 0 bridgehead atoms. The molecule has 2 aromatic rings. The zero-order valence-electron chi connectivity index (χ0n) is 22.2. The lowest BCUT2D eigenvalue weighted by Crippen LogP contribution is -2.46. The fraction of sp³-hybridized carbons (Fsp3) is 0.448. The van der Waals surface area contributed by atoms with Crippen LogP contribution in [-0.4, -0.2) is 25.7 Å². The van der Waals surface area contributed by atoms with Crippen molar-refractivity contribution in [3.8, 4) is 11.5 Å². The minimum Gasteiger partial charge on any atom is -0.493 e. The van der Waals surface area contributed by atoms with Crippen LogP contribution < -0.4 is 20.1 Å². The second-order valence-electron chi connectivity index (χ2n) is 9.89. The molecule has 0 saturated heterocycles. The number of rotatable bonds is 10. The highest BCUT2D eigenvalue weighted by Gasteiger charge is 2.34. The van der Waals surface area contributed by atoms with Crippen LogP contribution in [0.25, 0.3) is 0 Å². The van der Waals surface area contributed by atoms with Crippen LogP contribution in [0.4, 0.5) is 4.79 Å². The molecule has 0 fully saturated rings. The number of benzene rings is 2. The molecule has 0 spiro atoms. The van der Waals surface area contributed by atoms with Crippen molar-refractivity contribution in [2.75, 3.05) is 13.7 Å². The van der Waals surface area contributed by atoms with E-state index >= 15 is 0 Å². The van der Waals surface area contributed by atoms with Gasteiger partial charge in [-0.15, -0.1) is 0 Å². The lowest BCUT2D eigenvalue weighted by atomic mass is 9.87. The van der Waals surface area contributed by atoms with Crippen LogP contribution in [0.5, 0.6) is 11.5 Å². The van der Waals surface area contributed by atoms with E-state index in [4.69, 9.17) is 14.2 Å². The number of esters is 1. The molecule has 3 rings (SSSR count). The number of carbonyl (C=O) groups is 2. The van der Waals surface area contributed by atoms with Crippen molar-refractivity contribution in [1.29, 1.82) is 0 Å². The molecule has 2 amide bonds. The van der Waals surface area contributed by atoms with Crippen molar-refractivity contribution in [2.45, 2.75) is 71.9 Å². The molecule has 1 unspecified atom stereocenters. The topological polar surface area (TPSA) is 85.9 Å². The fourth-order valence-corrected chi connectivity index (χ4v) is 4.11. The summed E-state index contributed by atoms with van der Waals surface area (Å²) in [7, 11) is 1.57. The summed E-state index contributed by atoms with van der Waals surface area (Å²) in [6.07, 6.45) is 2.37. The quantitative estimate of drug-likeness (QED) is 0.400. The largest absolute Gasteiger partial charge is 0.493 e. The highest BCUT2D eigenvalue weighted by Crippen LogP contribution is 2.36. The van der Waals surface area contributed by atoms with Gasteiger partial charge >= 0.3 is 12.0 Å². The van der Waals surface area contributed by atoms with E-state index in [2.05, 4.69) is 62.6 Å². The van der Waals surface area contributed by atoms with Gasteiger partial charge in [0.05, 0.1) is 25.3 Å². The van der Waals surface area contributed by atoms with E-state index in [0.717, 1.165) is 18.4 Å². The van der Waals surface area contributed by atoms with E-state index in [1.54, 1.807) is 26.2 Å². The minimum absolute atomic E-state index is 0.0930. The summed E-state index contributed by atoms with van der Waals surface area (Å²) in [4.78, 5) is 25.3. The predicted octanol–water partition coefficient (Wildman–Crippen LogP) is 5.93. The lowest BCUT2D eigenvalue weighted by molar-refractivity contribution is -0.139. The number of hydrogen-bond acceptors (Lipinski definition) is 5. The highest BCUT2D eigenvalue weighted by atomic mass is 16.5. The van der Waals surface area contributed by atoms with Crippen LogP contribution in [0, 0.1) is 0 Å². The van der Waals surface area contributed by atoms with Crippen molar-refractivity contribution >= 4 is 12.0 Å². The molecule has 1 aliphatic rings. The molecule has 2 aromatic carbocycles. The average molecular weight is 495 g/mol. The zero-order chi connectivity index (χ0) is 26.3. The van der Waals surface area contributed by atoms with Crippen LogP contribution >= 0.6 is 0 Å². The number of hydrogen-bond donors (Lipinski definition) is 2. The molecule has 0 aliphatic carbocycles. The zero-order valence-corrected chi connectivity index (χ0v) is 22.2. The molecule has 1 aliphatic heterocycles. The number of allylic oxidation sites excluding steroid dienone is 1. The SMILES string of the molecule is CCCCC1=C(C(=O)OCC)C(c2ccc(OCc3ccc(C(C)(C)C)cc3)c(OC)c2)NC(=O)N1. The van der Waals surface area contributed by atoms with Gasteiger partial charge in [0.1, 0.15) is 6.61 Å². The van der Waals surface area contributed by atoms with Crippen molar-refractivity contribution in [2.24, 2.45) is 0 Å². The predicted molar refractivity (Wildman–Crippen MR) is 140 cm³/mol. The Labute approximate surface area is 214 Å². The minimum atomic E-state index is -0.655. The lowest BCUT2D eigenvalue weighted by Gasteiger charge is -2.29. The number of amides is 2. The number of ether oxygens (including phenoxy) is 3. The third kappa shape index (κ3) is 6.59. The standard InChI is InChI=1S/C29H38N2O5/c1-7-9-10-22-25(27(32)35-8-2)26(31-28(33)30-22)20-13-16-23(24(17-20)34-6)36-18-19-11-14-21(15-12-19)29(3,4)5/h11-17,26H,7-10,18H2,1-6H3,(H2,30,31,33). The van der Waals surface area contributed by atoms with Crippen LogP contribution in [0.1, 0.15) is 76.6 Å². The summed E-state index contributed by atoms with van der Waals surface area (Å²) in [6.45, 7) is 11.0. The summed E-state index contributed by atoms with van der Waals surface area (Å²) >= 11 is 0. The number of nitrogens with one attached hydrogen (secondary N) is 2. The van der Waals surface area contributed by atoms with Gasteiger partial charge in [-0.1, -0.05) is 64.4 Å². The van der Waals surface area contributed by atoms with Gasteiger partial charge in [-0.3, -0.25) is 0 Å². The first-order valence-corrected chi connectivity index (χ1v) is 12.6. The van der Waals surface area contributed by atoms with Crippen molar-refractivity contribution in [1.82, 2.24) is 10.6 Å². The van der Waals surface area contributed by atoms with Gasteiger partial charge in [0.15, 0.2) is 11.5 Å². The molecule has 36 heavy (non-hydrogen) atoms. The van der Waals surface area contributed by atoms with Gasteiger partial charge in [-0.25, -0.2) is 9.59 Å². The first-order valence-electron chi connectivity index (χ1n) is 12.6. The molecule has 194 valence electrons. The fourth-order valence-electron chi connectivity index (χ4n) is 4.11. The Morgan fingerprint density at radius 1 is 1.03 bits per heavy atom. The Morgan fingerprint density at radius 2 is 1.75 bits per heavy atom. The summed E-state index contributed by atoms with van der Waals surface area (Å²) in [6, 6.07) is 12.8. The van der Waals surface area contributed by atoms with Crippen LogP contribution in [-0.2, 0) is 21.6 Å². The summed E-state index contributed by atoms with van der Waals surface area (Å²) < 4.78 is 17.0. The molecular weight excluding hydrogens is 456 g/mol. The van der Waals surface area contributed by atoms with Crippen LogP contribution in [0.15, 0.2) is 53.7 Å². The van der Waals surface area contributed by atoms with Crippen LogP contribution in [0.2, 0.25) is 0 Å². The third-order valence-corrected chi connectivity index (χ3v) is 6.16. The first kappa shape index (κ1) is 27.1. The molecular formula is C29H38N2O5. The van der Waals surface area contributed by atoms with Gasteiger partial charge in [0.25, 0.3) is 0 Å². The van der Waals surface area contributed by atoms with E-state index < -0.39 is 12.0 Å². The number of carbonyl (C=O) groups excluding carboxylic acids is 2. The Hall–Kier alpha value is -3.48. The summed E-state index contributed by atoms with van der Waals surface area (Å²) in [5.41, 5.74) is 4.13. The van der Waals surface area contributed by atoms with Gasteiger partial charge in [-0.05, 0) is 54.0 Å². The van der Waals surface area contributed by atoms with E-state index in [1.807, 2.05) is 6.07 Å². The first-order chi connectivity index (χ1) is 17.2. The Bertz CT molecular complexity index is 1100. The van der Waals surface area contributed by atoms with E-state index in [1.165, 1.54) is 5.56 Å². The normalized spacial score (nSPS) is 15.7. The maximum Gasteiger partial charge on any atom is 0.338 e. The average Bonchev–Trinajstić information content (AvgIpc) is 2.85.